The molecule has 6 aromatic rings. The molecule has 14 nitrogen and oxygen atoms in total. The highest BCUT2D eigenvalue weighted by molar-refractivity contribution is 6.33. The summed E-state index contributed by atoms with van der Waals surface area (Å²) in [6.07, 6.45) is -2.64. The number of nitrogens with zero attached hydrogens (tertiary/aromatic N) is 7. The molecule has 3 aliphatic heterocycles. The minimum Gasteiger partial charge on any atom is -0.497 e. The number of likely N-dealkylation sites (tertiary alicyclic amines) is 1. The highest BCUT2D eigenvalue weighted by Gasteiger charge is 2.41. The number of hydrogen-bond acceptors (Lipinski definition) is 14. The Morgan fingerprint density at radius 1 is 0.919 bits per heavy atom. The number of rotatable bonds is 19. The van der Waals surface area contributed by atoms with Gasteiger partial charge in [-0.25, -0.2) is 28.1 Å². The molecule has 0 aliphatic carbocycles. The predicted octanol–water partition coefficient (Wildman–Crippen LogP) is 9.36. The molecule has 21 heteroatoms. The van der Waals surface area contributed by atoms with Gasteiger partial charge in [0.05, 0.1) is 72.5 Å². The molecule has 0 bridgehead atoms. The summed E-state index contributed by atoms with van der Waals surface area (Å²) in [6.45, 7) is 3.47. The number of anilines is 2. The molecule has 5 heterocycles. The van der Waals surface area contributed by atoms with Crippen molar-refractivity contribution in [3.05, 3.63) is 158 Å². The Morgan fingerprint density at radius 2 is 1.54 bits per heavy atom. The SMILES string of the molecule is COc1ccc(CNc2ncncc2C(C)N2C=C(OC[C@@H]3CCN3CC(F)F)Oc3c(F)c(-c4nc(N(Cc5ccc(OC)cc5)Cc5ccc(OC)cc5)cc(C)c4C(F)(F)F)c(Cl)c4c3=C2NCN=4)cc1. The van der Waals surface area contributed by atoms with Gasteiger partial charge in [-0.05, 0) is 85.0 Å². The van der Waals surface area contributed by atoms with E-state index in [2.05, 4.69) is 30.6 Å². The smallest absolute Gasteiger partial charge is 0.418 e. The van der Waals surface area contributed by atoms with Gasteiger partial charge in [0, 0.05) is 44.0 Å². The molecule has 0 amide bonds. The standard InChI is InChI=1S/C53H52ClF6N9O5/c1-30-20-41(68(23-33-8-14-37(71-4)15-9-33)24-34-10-16-38(72-5)17-11-34)66-48(45(30)53(58,59)60)43-46(54)49-44-50(47(43)57)74-42(73-27-35-18-19-67(35)25-40(55)56)26-69(52(44)65-29-63-49)31(2)39-22-61-28-64-51(39)62-21-32-6-12-36(70-3)13-7-32/h6-17,20,22,26,28,31,35,40,65H,18-19,21,23-25,27,29H2,1-5H3,(H,61,62,64)/t31?,35-/m0/s1. The fraction of sp³-hybridized carbons (Fsp3) is 0.321. The van der Waals surface area contributed by atoms with Gasteiger partial charge >= 0.3 is 12.1 Å². The number of ether oxygens (including phenoxy) is 5. The fourth-order valence-corrected chi connectivity index (χ4v) is 9.46. The molecule has 2 N–H and O–H groups in total. The topological polar surface area (TPSA) is 131 Å². The van der Waals surface area contributed by atoms with E-state index in [9.17, 15) is 8.78 Å². The molecule has 3 aliphatic rings. The molecular weight excluding hydrogens is 992 g/mol. The fourth-order valence-electron chi connectivity index (χ4n) is 9.14. The van der Waals surface area contributed by atoms with Crippen molar-refractivity contribution in [2.45, 2.75) is 64.6 Å². The minimum absolute atomic E-state index is 0.0150. The summed E-state index contributed by atoms with van der Waals surface area (Å²) in [6, 6.07) is 22.1. The van der Waals surface area contributed by atoms with Crippen molar-refractivity contribution in [1.29, 1.82) is 0 Å². The maximum atomic E-state index is 18.2. The van der Waals surface area contributed by atoms with Crippen LogP contribution in [0.2, 0.25) is 5.02 Å². The van der Waals surface area contributed by atoms with E-state index in [1.165, 1.54) is 39.7 Å². The van der Waals surface area contributed by atoms with E-state index in [0.29, 0.717) is 48.1 Å². The lowest BCUT2D eigenvalue weighted by Gasteiger charge is -2.40. The second-order valence-electron chi connectivity index (χ2n) is 17.8. The highest BCUT2D eigenvalue weighted by atomic mass is 35.5. The summed E-state index contributed by atoms with van der Waals surface area (Å²) in [7, 11) is 4.66. The quantitative estimate of drug-likeness (QED) is 0.0749. The molecule has 2 aromatic heterocycles. The third-order valence-corrected chi connectivity index (χ3v) is 13.5. The molecule has 2 atom stereocenters. The first-order valence-corrected chi connectivity index (χ1v) is 23.9. The van der Waals surface area contributed by atoms with E-state index in [4.69, 9.17) is 35.3 Å². The van der Waals surface area contributed by atoms with Crippen LogP contribution in [0.15, 0.2) is 109 Å². The molecule has 1 unspecified atom stereocenters. The van der Waals surface area contributed by atoms with Crippen LogP contribution >= 0.6 is 11.6 Å². The number of benzene rings is 4. The number of aromatic nitrogens is 3. The van der Waals surface area contributed by atoms with Crippen LogP contribution in [0.1, 0.15) is 52.8 Å². The molecule has 9 rings (SSSR count). The van der Waals surface area contributed by atoms with Gasteiger partial charge in [-0.3, -0.25) is 9.89 Å². The average molecular weight is 1040 g/mol. The number of alkyl halides is 5. The molecule has 388 valence electrons. The van der Waals surface area contributed by atoms with Gasteiger partial charge in [-0.1, -0.05) is 48.0 Å². The van der Waals surface area contributed by atoms with E-state index in [-0.39, 0.29) is 60.1 Å². The van der Waals surface area contributed by atoms with Crippen LogP contribution in [0.25, 0.3) is 17.1 Å². The number of methoxy groups -OCH3 is 3. The van der Waals surface area contributed by atoms with E-state index in [1.807, 2.05) is 55.5 Å². The molecule has 0 radical (unpaired) electrons. The van der Waals surface area contributed by atoms with E-state index in [0.717, 1.165) is 16.7 Å². The first kappa shape index (κ1) is 51.5. The van der Waals surface area contributed by atoms with Gasteiger partial charge in [0.25, 0.3) is 6.43 Å². The third-order valence-electron chi connectivity index (χ3n) is 13.1. The normalized spacial score (nSPS) is 15.6. The Hall–Kier alpha value is -7.45. The average Bonchev–Trinajstić information content (AvgIpc) is 3.57. The van der Waals surface area contributed by atoms with Gasteiger partial charge in [-0.15, -0.1) is 0 Å². The Morgan fingerprint density at radius 3 is 2.11 bits per heavy atom. The van der Waals surface area contributed by atoms with Crippen molar-refractivity contribution >= 4 is 29.1 Å². The first-order valence-electron chi connectivity index (χ1n) is 23.6. The number of aryl methyl sites for hydroxylation is 1. The zero-order valence-electron chi connectivity index (χ0n) is 40.9. The van der Waals surface area contributed by atoms with Crippen molar-refractivity contribution in [1.82, 2.24) is 30.1 Å². The molecule has 0 saturated carbocycles. The maximum absolute atomic E-state index is 18.2. The monoisotopic (exact) mass is 1040 g/mol. The number of hydrogen-bond donors (Lipinski definition) is 2. The maximum Gasteiger partial charge on any atom is 0.418 e. The highest BCUT2D eigenvalue weighted by Crippen LogP contribution is 2.44. The summed E-state index contributed by atoms with van der Waals surface area (Å²) in [5, 5.41) is 6.04. The second kappa shape index (κ2) is 21.9. The van der Waals surface area contributed by atoms with Crippen molar-refractivity contribution in [2.75, 3.05) is 57.9 Å². The van der Waals surface area contributed by atoms with Crippen molar-refractivity contribution in [3.8, 4) is 34.3 Å². The zero-order valence-corrected chi connectivity index (χ0v) is 41.7. The first-order chi connectivity index (χ1) is 35.6. The van der Waals surface area contributed by atoms with Gasteiger partial charge in [0.1, 0.15) is 54.3 Å². The Labute approximate surface area is 427 Å². The van der Waals surface area contributed by atoms with E-state index < -0.39 is 64.6 Å². The summed E-state index contributed by atoms with van der Waals surface area (Å²) in [5.74, 6) is 0.536. The lowest BCUT2D eigenvalue weighted by molar-refractivity contribution is -0.137. The van der Waals surface area contributed by atoms with Crippen LogP contribution in [0.5, 0.6) is 23.0 Å². The van der Waals surface area contributed by atoms with E-state index in [1.54, 1.807) is 52.3 Å². The Kier molecular flexibility index (Phi) is 15.3. The molecule has 0 spiro atoms. The summed E-state index contributed by atoms with van der Waals surface area (Å²) in [4.78, 5) is 23.2. The number of nitrogens with one attached hydrogen (secondary N) is 2. The Bertz CT molecular complexity index is 3100. The van der Waals surface area contributed by atoms with Crippen molar-refractivity contribution in [3.63, 3.8) is 0 Å². The summed E-state index contributed by atoms with van der Waals surface area (Å²) >= 11 is 7.23. The lowest BCUT2D eigenvalue weighted by Crippen LogP contribution is -2.52. The van der Waals surface area contributed by atoms with Gasteiger partial charge in [0.15, 0.2) is 11.6 Å². The van der Waals surface area contributed by atoms with Crippen LogP contribution < -0.4 is 45.1 Å². The van der Waals surface area contributed by atoms with Crippen LogP contribution in [0.4, 0.5) is 38.0 Å². The van der Waals surface area contributed by atoms with E-state index >= 15 is 17.6 Å². The summed E-state index contributed by atoms with van der Waals surface area (Å²) < 4.78 is 121. The molecule has 1 fully saturated rings. The Balaban J connectivity index is 1.19. The molecular formula is C53H52ClF6N9O5. The lowest BCUT2D eigenvalue weighted by atomic mass is 9.98. The summed E-state index contributed by atoms with van der Waals surface area (Å²) in [5.41, 5.74) is 0.0766. The zero-order chi connectivity index (χ0) is 52.3. The van der Waals surface area contributed by atoms with Gasteiger partial charge in [0.2, 0.25) is 0 Å². The molecule has 74 heavy (non-hydrogen) atoms. The van der Waals surface area contributed by atoms with Crippen LogP contribution in [-0.2, 0) is 30.5 Å². The van der Waals surface area contributed by atoms with Gasteiger partial charge < -0.3 is 44.1 Å². The number of halogens is 7. The third kappa shape index (κ3) is 10.9. The van der Waals surface area contributed by atoms with Crippen molar-refractivity contribution < 1.29 is 50.0 Å². The largest absolute Gasteiger partial charge is 0.497 e. The minimum atomic E-state index is -5.05. The predicted molar refractivity (Wildman–Crippen MR) is 266 cm³/mol. The van der Waals surface area contributed by atoms with Crippen molar-refractivity contribution in [2.24, 2.45) is 4.99 Å². The van der Waals surface area contributed by atoms with Crippen LogP contribution in [0, 0.1) is 12.7 Å². The van der Waals surface area contributed by atoms with Crippen LogP contribution in [0.3, 0.4) is 0 Å². The van der Waals surface area contributed by atoms with Crippen LogP contribution in [-0.4, -0.2) is 84.9 Å². The number of pyridine rings is 1. The molecule has 1 saturated heterocycles. The van der Waals surface area contributed by atoms with Gasteiger partial charge in [-0.2, -0.15) is 13.2 Å². The molecule has 4 aromatic carbocycles. The second-order valence-corrected chi connectivity index (χ2v) is 18.1.